The first-order valence-corrected chi connectivity index (χ1v) is 11.3. The van der Waals surface area contributed by atoms with Crippen LogP contribution in [0.4, 0.5) is 0 Å². The fraction of sp³-hybridized carbons (Fsp3) is 0.579. The van der Waals surface area contributed by atoms with E-state index in [9.17, 15) is 13.2 Å². The van der Waals surface area contributed by atoms with Gasteiger partial charge in [0.15, 0.2) is 15.8 Å². The zero-order valence-corrected chi connectivity index (χ0v) is 20.3. The van der Waals surface area contributed by atoms with Gasteiger partial charge < -0.3 is 20.7 Å². The van der Waals surface area contributed by atoms with Gasteiger partial charge >= 0.3 is 0 Å². The van der Waals surface area contributed by atoms with Gasteiger partial charge in [-0.3, -0.25) is 4.79 Å². The highest BCUT2D eigenvalue weighted by molar-refractivity contribution is 14.0. The first kappa shape index (κ1) is 25.5. The highest BCUT2D eigenvalue weighted by Gasteiger charge is 2.28. The summed E-state index contributed by atoms with van der Waals surface area (Å²) in [5, 5.41) is 9.06. The average Bonchev–Trinajstić information content (AvgIpc) is 2.98. The second-order valence-corrected chi connectivity index (χ2v) is 9.08. The summed E-state index contributed by atoms with van der Waals surface area (Å²) >= 11 is 0. The van der Waals surface area contributed by atoms with Crippen molar-refractivity contribution in [1.82, 2.24) is 16.0 Å². The summed E-state index contributed by atoms with van der Waals surface area (Å²) in [5.74, 6) is 1.43. The van der Waals surface area contributed by atoms with E-state index < -0.39 is 9.84 Å². The summed E-state index contributed by atoms with van der Waals surface area (Å²) in [4.78, 5) is 16.6. The number of aliphatic imine (C=N–C) groups is 1. The summed E-state index contributed by atoms with van der Waals surface area (Å²) < 4.78 is 28.3. The maximum absolute atomic E-state index is 12.0. The molecule has 1 saturated heterocycles. The zero-order chi connectivity index (χ0) is 20.6. The van der Waals surface area contributed by atoms with Crippen molar-refractivity contribution >= 4 is 45.7 Å². The van der Waals surface area contributed by atoms with Crippen LogP contribution in [0.15, 0.2) is 23.2 Å². The minimum Gasteiger partial charge on any atom is -0.496 e. The highest BCUT2D eigenvalue weighted by atomic mass is 127. The quantitative estimate of drug-likeness (QED) is 0.262. The van der Waals surface area contributed by atoms with Crippen molar-refractivity contribution in [3.63, 3.8) is 0 Å². The maximum atomic E-state index is 12.0. The van der Waals surface area contributed by atoms with E-state index in [1.54, 1.807) is 7.11 Å². The Bertz CT molecular complexity index is 814. The van der Waals surface area contributed by atoms with E-state index in [0.29, 0.717) is 32.0 Å². The van der Waals surface area contributed by atoms with Crippen LogP contribution < -0.4 is 20.7 Å². The van der Waals surface area contributed by atoms with Crippen molar-refractivity contribution < 1.29 is 17.9 Å². The minimum absolute atomic E-state index is 0. The van der Waals surface area contributed by atoms with Crippen LogP contribution in [-0.2, 0) is 21.2 Å². The van der Waals surface area contributed by atoms with E-state index >= 15 is 0 Å². The Kier molecular flexibility index (Phi) is 10.7. The molecule has 29 heavy (non-hydrogen) atoms. The summed E-state index contributed by atoms with van der Waals surface area (Å²) in [7, 11) is -1.36. The number of hydrogen-bond donors (Lipinski definition) is 3. The predicted octanol–water partition coefficient (Wildman–Crippen LogP) is 1.37. The number of aryl methyl sites for hydroxylation is 1. The third kappa shape index (κ3) is 8.77. The van der Waals surface area contributed by atoms with Crippen molar-refractivity contribution in [3.8, 4) is 5.75 Å². The smallest absolute Gasteiger partial charge is 0.222 e. The summed E-state index contributed by atoms with van der Waals surface area (Å²) in [5.41, 5.74) is 2.10. The molecule has 1 aliphatic heterocycles. The van der Waals surface area contributed by atoms with E-state index in [-0.39, 0.29) is 53.9 Å². The Hall–Kier alpha value is -1.56. The van der Waals surface area contributed by atoms with Gasteiger partial charge in [-0.25, -0.2) is 13.4 Å². The van der Waals surface area contributed by atoms with Crippen molar-refractivity contribution in [2.45, 2.75) is 39.3 Å². The van der Waals surface area contributed by atoms with Gasteiger partial charge in [-0.15, -0.1) is 24.0 Å². The molecule has 0 aromatic heterocycles. The van der Waals surface area contributed by atoms with E-state index in [2.05, 4.69) is 20.9 Å². The molecule has 1 unspecified atom stereocenters. The predicted molar refractivity (Wildman–Crippen MR) is 126 cm³/mol. The number of carbonyl (C=O) groups is 1. The lowest BCUT2D eigenvalue weighted by Crippen LogP contribution is -2.41. The molecule has 10 heteroatoms. The number of ether oxygens (including phenoxy) is 1. The average molecular weight is 538 g/mol. The van der Waals surface area contributed by atoms with E-state index in [1.807, 2.05) is 32.0 Å². The number of methoxy groups -OCH3 is 1. The number of hydrogen-bond acceptors (Lipinski definition) is 5. The second kappa shape index (κ2) is 12.2. The van der Waals surface area contributed by atoms with Crippen LogP contribution in [0.25, 0.3) is 0 Å². The van der Waals surface area contributed by atoms with Crippen LogP contribution in [-0.4, -0.2) is 58.0 Å². The van der Waals surface area contributed by atoms with Gasteiger partial charge in [0.25, 0.3) is 0 Å². The number of amides is 1. The lowest BCUT2D eigenvalue weighted by atomic mass is 10.1. The molecule has 3 N–H and O–H groups in total. The molecule has 1 aliphatic rings. The van der Waals surface area contributed by atoms with Crippen LogP contribution >= 0.6 is 24.0 Å². The van der Waals surface area contributed by atoms with Gasteiger partial charge in [-0.1, -0.05) is 12.1 Å². The van der Waals surface area contributed by atoms with Crippen molar-refractivity contribution in [3.05, 3.63) is 29.3 Å². The van der Waals surface area contributed by atoms with Gasteiger partial charge in [0.1, 0.15) is 5.75 Å². The molecule has 1 heterocycles. The number of nitrogens with zero attached hydrogens (tertiary/aromatic N) is 1. The minimum atomic E-state index is -2.99. The van der Waals surface area contributed by atoms with Crippen LogP contribution in [0.1, 0.15) is 30.9 Å². The first-order valence-electron chi connectivity index (χ1n) is 9.48. The van der Waals surface area contributed by atoms with Crippen LogP contribution in [0.5, 0.6) is 5.75 Å². The molecule has 1 aromatic carbocycles. The SMILES string of the molecule is CCNC(=NCc1ccc(C)cc1OC)NCCC(=O)NC1CCS(=O)(=O)C1.I. The Morgan fingerprint density at radius 2 is 2.07 bits per heavy atom. The van der Waals surface area contributed by atoms with Crippen LogP contribution in [0.2, 0.25) is 0 Å². The normalized spacial score (nSPS) is 17.9. The molecule has 0 spiro atoms. The van der Waals surface area contributed by atoms with Crippen molar-refractivity contribution in [2.24, 2.45) is 4.99 Å². The number of sulfone groups is 1. The Morgan fingerprint density at radius 1 is 1.31 bits per heavy atom. The van der Waals surface area contributed by atoms with E-state index in [4.69, 9.17) is 4.74 Å². The van der Waals surface area contributed by atoms with Crippen LogP contribution in [0.3, 0.4) is 0 Å². The van der Waals surface area contributed by atoms with Gasteiger partial charge in [0.2, 0.25) is 5.91 Å². The Balaban J connectivity index is 0.00000420. The number of carbonyl (C=O) groups excluding carboxylic acids is 1. The molecule has 0 radical (unpaired) electrons. The first-order chi connectivity index (χ1) is 13.3. The molecule has 1 atom stereocenters. The van der Waals surface area contributed by atoms with Gasteiger partial charge in [-0.2, -0.15) is 0 Å². The molecular weight excluding hydrogens is 507 g/mol. The fourth-order valence-electron chi connectivity index (χ4n) is 2.99. The third-order valence-corrected chi connectivity index (χ3v) is 6.20. The third-order valence-electron chi connectivity index (χ3n) is 4.44. The van der Waals surface area contributed by atoms with Gasteiger partial charge in [-0.05, 0) is 31.9 Å². The monoisotopic (exact) mass is 538 g/mol. The molecule has 0 bridgehead atoms. The topological polar surface area (TPSA) is 109 Å². The van der Waals surface area contributed by atoms with Gasteiger partial charge in [0.05, 0.1) is 25.2 Å². The molecular formula is C19H31IN4O4S. The lowest BCUT2D eigenvalue weighted by Gasteiger charge is -2.14. The number of nitrogens with one attached hydrogen (secondary N) is 3. The molecule has 1 aromatic rings. The fourth-order valence-corrected chi connectivity index (χ4v) is 4.66. The number of halogens is 1. The zero-order valence-electron chi connectivity index (χ0n) is 17.2. The van der Waals surface area contributed by atoms with Crippen molar-refractivity contribution in [2.75, 3.05) is 31.7 Å². The molecule has 1 fully saturated rings. The largest absolute Gasteiger partial charge is 0.496 e. The van der Waals surface area contributed by atoms with Crippen LogP contribution in [0, 0.1) is 6.92 Å². The summed E-state index contributed by atoms with van der Waals surface area (Å²) in [6.07, 6.45) is 0.735. The van der Waals surface area contributed by atoms with Gasteiger partial charge in [0, 0.05) is 31.1 Å². The second-order valence-electron chi connectivity index (χ2n) is 6.85. The highest BCUT2D eigenvalue weighted by Crippen LogP contribution is 2.20. The lowest BCUT2D eigenvalue weighted by molar-refractivity contribution is -0.121. The number of benzene rings is 1. The molecule has 8 nitrogen and oxygen atoms in total. The summed E-state index contributed by atoms with van der Waals surface area (Å²) in [6.45, 7) is 5.53. The van der Waals surface area contributed by atoms with E-state index in [0.717, 1.165) is 16.9 Å². The Labute approximate surface area is 190 Å². The molecule has 164 valence electrons. The molecule has 2 rings (SSSR count). The van der Waals surface area contributed by atoms with Crippen molar-refractivity contribution in [1.29, 1.82) is 0 Å². The standard InChI is InChI=1S/C19H30N4O4S.HI/c1-4-20-19(22-12-15-6-5-14(2)11-17(15)27-3)21-9-7-18(24)23-16-8-10-28(25,26)13-16;/h5-6,11,16H,4,7-10,12-13H2,1-3H3,(H,23,24)(H2,20,21,22);1H. The van der Waals surface area contributed by atoms with E-state index in [1.165, 1.54) is 0 Å². The summed E-state index contributed by atoms with van der Waals surface area (Å²) in [6, 6.07) is 5.71. The molecule has 0 aliphatic carbocycles. The number of guanidine groups is 1. The number of rotatable bonds is 8. The Morgan fingerprint density at radius 3 is 2.69 bits per heavy atom. The molecule has 1 amide bonds. The maximum Gasteiger partial charge on any atom is 0.222 e. The molecule has 0 saturated carbocycles.